The van der Waals surface area contributed by atoms with Gasteiger partial charge in [0.05, 0.1) is 6.67 Å². The highest BCUT2D eigenvalue weighted by Crippen LogP contribution is 2.38. The number of aryl methyl sites for hydroxylation is 3. The van der Waals surface area contributed by atoms with Crippen LogP contribution in [0.4, 0.5) is 4.79 Å². The first-order valence-corrected chi connectivity index (χ1v) is 12.0. The maximum Gasteiger partial charge on any atom is 0.326 e. The van der Waals surface area contributed by atoms with E-state index in [-0.39, 0.29) is 24.6 Å². The molecule has 1 aliphatic heterocycles. The third-order valence-electron chi connectivity index (χ3n) is 7.49. The molecule has 0 bridgehead atoms. The second kappa shape index (κ2) is 8.73. The molecule has 2 aliphatic rings. The average Bonchev–Trinajstić information content (AvgIpc) is 3.11. The van der Waals surface area contributed by atoms with Gasteiger partial charge in [0, 0.05) is 6.04 Å². The third-order valence-corrected chi connectivity index (χ3v) is 7.49. The Morgan fingerprint density at radius 1 is 0.941 bits per heavy atom. The lowest BCUT2D eigenvalue weighted by Gasteiger charge is -2.35. The molecule has 34 heavy (non-hydrogen) atoms. The van der Waals surface area contributed by atoms with Gasteiger partial charge in [-0.25, -0.2) is 9.69 Å². The zero-order valence-corrected chi connectivity index (χ0v) is 20.0. The Labute approximate surface area is 201 Å². The highest BCUT2D eigenvalue weighted by molar-refractivity contribution is 6.09. The SMILES string of the molecule is Cc1ccc(C2(c3ccccc3)NC(=O)N(CN(C)C3CCCc4ccccc43)C2=O)cc1C. The third kappa shape index (κ3) is 3.61. The Balaban J connectivity index is 1.51. The molecule has 5 heteroatoms. The summed E-state index contributed by atoms with van der Waals surface area (Å²) in [6, 6.07) is 23.9. The molecule has 2 unspecified atom stereocenters. The molecule has 1 heterocycles. The van der Waals surface area contributed by atoms with Crippen molar-refractivity contribution in [3.05, 3.63) is 106 Å². The molecule has 0 radical (unpaired) electrons. The van der Waals surface area contributed by atoms with E-state index in [2.05, 4.69) is 34.5 Å². The average molecular weight is 454 g/mol. The summed E-state index contributed by atoms with van der Waals surface area (Å²) in [4.78, 5) is 31.0. The number of amides is 3. The number of hydrogen-bond donors (Lipinski definition) is 1. The minimum absolute atomic E-state index is 0.180. The number of nitrogens with zero attached hydrogens (tertiary/aromatic N) is 2. The first kappa shape index (κ1) is 22.4. The van der Waals surface area contributed by atoms with Crippen molar-refractivity contribution < 1.29 is 9.59 Å². The zero-order chi connectivity index (χ0) is 23.9. The van der Waals surface area contributed by atoms with Gasteiger partial charge in [-0.1, -0.05) is 72.8 Å². The quantitative estimate of drug-likeness (QED) is 0.549. The maximum absolute atomic E-state index is 14.1. The summed E-state index contributed by atoms with van der Waals surface area (Å²) in [7, 11) is 2.01. The van der Waals surface area contributed by atoms with Crippen LogP contribution in [-0.2, 0) is 16.8 Å². The van der Waals surface area contributed by atoms with Crippen LogP contribution in [0.1, 0.15) is 52.3 Å². The molecule has 1 saturated heterocycles. The van der Waals surface area contributed by atoms with Crippen LogP contribution in [0.25, 0.3) is 0 Å². The molecule has 0 spiro atoms. The molecule has 3 aromatic carbocycles. The number of nitrogens with one attached hydrogen (secondary N) is 1. The molecule has 1 fully saturated rings. The largest absolute Gasteiger partial charge is 0.326 e. The van der Waals surface area contributed by atoms with Gasteiger partial charge in [-0.15, -0.1) is 0 Å². The fourth-order valence-electron chi connectivity index (χ4n) is 5.43. The maximum atomic E-state index is 14.1. The van der Waals surface area contributed by atoms with Crippen molar-refractivity contribution in [2.24, 2.45) is 0 Å². The van der Waals surface area contributed by atoms with Crippen LogP contribution >= 0.6 is 0 Å². The topological polar surface area (TPSA) is 52.7 Å². The molecule has 0 saturated carbocycles. The van der Waals surface area contributed by atoms with Gasteiger partial charge >= 0.3 is 6.03 Å². The molecular weight excluding hydrogens is 422 g/mol. The van der Waals surface area contributed by atoms with E-state index in [0.29, 0.717) is 0 Å². The number of carbonyl (C=O) groups excluding carboxylic acids is 2. The van der Waals surface area contributed by atoms with E-state index in [0.717, 1.165) is 41.5 Å². The molecule has 0 aromatic heterocycles. The van der Waals surface area contributed by atoms with E-state index < -0.39 is 5.54 Å². The number of fused-ring (bicyclic) bond motifs is 1. The minimum Gasteiger partial charge on any atom is -0.315 e. The van der Waals surface area contributed by atoms with Gasteiger partial charge in [0.15, 0.2) is 5.54 Å². The summed E-state index contributed by atoms with van der Waals surface area (Å²) >= 11 is 0. The first-order valence-electron chi connectivity index (χ1n) is 12.0. The number of hydrogen-bond acceptors (Lipinski definition) is 3. The number of rotatable bonds is 5. The second-order valence-electron chi connectivity index (χ2n) is 9.58. The Kier molecular flexibility index (Phi) is 5.74. The molecule has 5 rings (SSSR count). The predicted molar refractivity (Wildman–Crippen MR) is 133 cm³/mol. The van der Waals surface area contributed by atoms with Gasteiger partial charge < -0.3 is 5.32 Å². The van der Waals surface area contributed by atoms with E-state index in [9.17, 15) is 9.59 Å². The van der Waals surface area contributed by atoms with Gasteiger partial charge in [-0.2, -0.15) is 0 Å². The molecule has 3 amide bonds. The fraction of sp³-hybridized carbons (Fsp3) is 0.310. The van der Waals surface area contributed by atoms with Gasteiger partial charge in [-0.3, -0.25) is 9.69 Å². The molecule has 1 aliphatic carbocycles. The molecule has 174 valence electrons. The minimum atomic E-state index is -1.23. The standard InChI is InChI=1S/C29H31N3O2/c1-20-16-17-24(18-21(20)2)29(23-12-5-4-6-13-23)27(33)32(28(34)30-29)19-31(3)26-15-9-11-22-10-7-8-14-25(22)26/h4-8,10,12-14,16-18,26H,9,11,15,19H2,1-3H3,(H,30,34). The van der Waals surface area contributed by atoms with Crippen LogP contribution in [0.2, 0.25) is 0 Å². The van der Waals surface area contributed by atoms with Gasteiger partial charge in [0.1, 0.15) is 0 Å². The van der Waals surface area contributed by atoms with Crippen molar-refractivity contribution in [2.45, 2.75) is 44.7 Å². The second-order valence-corrected chi connectivity index (χ2v) is 9.58. The van der Waals surface area contributed by atoms with Crippen molar-refractivity contribution in [3.8, 4) is 0 Å². The highest BCUT2D eigenvalue weighted by Gasteiger charge is 2.54. The van der Waals surface area contributed by atoms with Crippen molar-refractivity contribution >= 4 is 11.9 Å². The smallest absolute Gasteiger partial charge is 0.315 e. The van der Waals surface area contributed by atoms with Gasteiger partial charge in [-0.05, 0) is 73.5 Å². The van der Waals surface area contributed by atoms with Crippen LogP contribution in [0.5, 0.6) is 0 Å². The Morgan fingerprint density at radius 2 is 1.68 bits per heavy atom. The lowest BCUT2D eigenvalue weighted by atomic mass is 9.81. The Hall–Kier alpha value is -3.44. The summed E-state index contributed by atoms with van der Waals surface area (Å²) in [5.74, 6) is -0.233. The summed E-state index contributed by atoms with van der Waals surface area (Å²) in [6.45, 7) is 4.32. The van der Waals surface area contributed by atoms with Crippen molar-refractivity contribution in [3.63, 3.8) is 0 Å². The van der Waals surface area contributed by atoms with Crippen molar-refractivity contribution in [1.82, 2.24) is 15.1 Å². The number of imide groups is 1. The van der Waals surface area contributed by atoms with Crippen LogP contribution in [0, 0.1) is 13.8 Å². The summed E-state index contributed by atoms with van der Waals surface area (Å²) in [5.41, 5.74) is 5.21. The molecule has 5 nitrogen and oxygen atoms in total. The normalized spacial score (nSPS) is 22.1. The van der Waals surface area contributed by atoms with Crippen molar-refractivity contribution in [2.75, 3.05) is 13.7 Å². The Morgan fingerprint density at radius 3 is 2.44 bits per heavy atom. The van der Waals surface area contributed by atoms with E-state index in [1.807, 2.05) is 69.4 Å². The monoisotopic (exact) mass is 453 g/mol. The molecule has 1 N–H and O–H groups in total. The molecule has 3 aromatic rings. The van der Waals surface area contributed by atoms with E-state index in [1.165, 1.54) is 16.0 Å². The summed E-state index contributed by atoms with van der Waals surface area (Å²) in [6.07, 6.45) is 3.19. The Bertz CT molecular complexity index is 1240. The van der Waals surface area contributed by atoms with Gasteiger partial charge in [0.25, 0.3) is 5.91 Å². The number of urea groups is 1. The summed E-state index contributed by atoms with van der Waals surface area (Å²) < 4.78 is 0. The predicted octanol–water partition coefficient (Wildman–Crippen LogP) is 5.07. The van der Waals surface area contributed by atoms with Crippen molar-refractivity contribution in [1.29, 1.82) is 0 Å². The number of benzene rings is 3. The summed E-state index contributed by atoms with van der Waals surface area (Å²) in [5, 5.41) is 3.08. The molecular formula is C29H31N3O2. The zero-order valence-electron chi connectivity index (χ0n) is 20.0. The first-order chi connectivity index (χ1) is 16.4. The van der Waals surface area contributed by atoms with Crippen LogP contribution in [0.15, 0.2) is 72.8 Å². The van der Waals surface area contributed by atoms with Crippen LogP contribution < -0.4 is 5.32 Å². The number of carbonyl (C=O) groups is 2. The highest BCUT2D eigenvalue weighted by atomic mass is 16.2. The van der Waals surface area contributed by atoms with Gasteiger partial charge in [0.2, 0.25) is 0 Å². The lowest BCUT2D eigenvalue weighted by Crippen LogP contribution is -2.46. The van der Waals surface area contributed by atoms with Crippen LogP contribution in [0.3, 0.4) is 0 Å². The van der Waals surface area contributed by atoms with E-state index >= 15 is 0 Å². The lowest BCUT2D eigenvalue weighted by molar-refractivity contribution is -0.132. The van der Waals surface area contributed by atoms with E-state index in [4.69, 9.17) is 0 Å². The fourth-order valence-corrected chi connectivity index (χ4v) is 5.43. The van der Waals surface area contributed by atoms with E-state index in [1.54, 1.807) is 0 Å². The van der Waals surface area contributed by atoms with Crippen LogP contribution in [-0.4, -0.2) is 35.5 Å². The molecule has 2 atom stereocenters.